The van der Waals surface area contributed by atoms with Gasteiger partial charge in [-0.1, -0.05) is 78.6 Å². The van der Waals surface area contributed by atoms with Gasteiger partial charge in [-0.15, -0.1) is 0 Å². The van der Waals surface area contributed by atoms with Gasteiger partial charge in [0.05, 0.1) is 19.8 Å². The molecule has 0 bridgehead atoms. The molecule has 0 radical (unpaired) electrons. The molecule has 6 heteroatoms. The minimum atomic E-state index is -2.53. The molecule has 0 aliphatic carbocycles. The van der Waals surface area contributed by atoms with E-state index in [1.54, 1.807) is 0 Å². The Kier molecular flexibility index (Phi) is 23.3. The first-order chi connectivity index (χ1) is 11.2. The molecular formula is C18H39O3PSZn. The van der Waals surface area contributed by atoms with E-state index >= 15 is 0 Å². The quantitative estimate of drug-likeness (QED) is 0.133. The topological polar surface area (TPSA) is 27.7 Å². The van der Waals surface area contributed by atoms with Crippen LogP contribution in [-0.2, 0) is 44.9 Å². The maximum absolute atomic E-state index is 5.88. The minimum absolute atomic E-state index is 0. The first kappa shape index (κ1) is 27.4. The monoisotopic (exact) mass is 430 g/mol. The van der Waals surface area contributed by atoms with E-state index in [-0.39, 0.29) is 19.5 Å². The smallest absolute Gasteiger partial charge is 0.309 e. The molecule has 3 nitrogen and oxygen atoms in total. The predicted octanol–water partition coefficient (Wildman–Crippen LogP) is 7.00. The first-order valence-electron chi connectivity index (χ1n) is 9.72. The fourth-order valence-electron chi connectivity index (χ4n) is 2.23. The van der Waals surface area contributed by atoms with E-state index in [1.807, 2.05) is 0 Å². The molecule has 0 aromatic heterocycles. The normalized spacial score (nSPS) is 11.5. The Morgan fingerprint density at radius 3 is 1.25 bits per heavy atom. The summed E-state index contributed by atoms with van der Waals surface area (Å²) in [7, 11) is 0. The molecule has 0 fully saturated rings. The van der Waals surface area contributed by atoms with Crippen LogP contribution in [0, 0.1) is 0 Å². The van der Waals surface area contributed by atoms with Crippen molar-refractivity contribution in [3.05, 3.63) is 0 Å². The molecule has 24 heavy (non-hydrogen) atoms. The standard InChI is InChI=1S/C18H39O3PS.Zn/c1-4-7-10-11-12-15-18-21-22(23,19-16-13-8-5-2)20-17-14-9-6-3;/h4-18H2,1-3H3;. The van der Waals surface area contributed by atoms with Gasteiger partial charge in [0.25, 0.3) is 0 Å². The van der Waals surface area contributed by atoms with Gasteiger partial charge in [-0.2, -0.15) is 0 Å². The van der Waals surface area contributed by atoms with Crippen LogP contribution in [0.4, 0.5) is 0 Å². The summed E-state index contributed by atoms with van der Waals surface area (Å²) >= 11 is 5.57. The number of hydrogen-bond acceptors (Lipinski definition) is 4. The Morgan fingerprint density at radius 2 is 0.833 bits per heavy atom. The van der Waals surface area contributed by atoms with Gasteiger partial charge in [-0.05, 0) is 31.1 Å². The van der Waals surface area contributed by atoms with Crippen molar-refractivity contribution >= 4 is 18.5 Å². The second-order valence-electron chi connectivity index (χ2n) is 6.13. The summed E-state index contributed by atoms with van der Waals surface area (Å²) in [6.45, 7) is 6.08. The zero-order chi connectivity index (χ0) is 17.2. The molecule has 0 heterocycles. The van der Waals surface area contributed by atoms with Gasteiger partial charge in [0.2, 0.25) is 0 Å². The SMILES string of the molecule is CCCCCCCCOP(=S)(OCCCCC)OCCCCC.[Zn]. The number of hydrogen-bond donors (Lipinski definition) is 0. The summed E-state index contributed by atoms with van der Waals surface area (Å²) in [4.78, 5) is 0. The van der Waals surface area contributed by atoms with Gasteiger partial charge in [0, 0.05) is 19.5 Å². The van der Waals surface area contributed by atoms with Gasteiger partial charge < -0.3 is 13.6 Å². The summed E-state index contributed by atoms with van der Waals surface area (Å²) in [5, 5.41) is 0. The van der Waals surface area contributed by atoms with E-state index in [4.69, 9.17) is 25.4 Å². The van der Waals surface area contributed by atoms with E-state index < -0.39 is 6.72 Å². The van der Waals surface area contributed by atoms with Gasteiger partial charge in [-0.25, -0.2) is 0 Å². The van der Waals surface area contributed by atoms with Crippen LogP contribution >= 0.6 is 6.72 Å². The third-order valence-electron chi connectivity index (χ3n) is 3.74. The second-order valence-corrected chi connectivity index (χ2v) is 9.14. The average Bonchev–Trinajstić information content (AvgIpc) is 2.55. The third kappa shape index (κ3) is 18.0. The van der Waals surface area contributed by atoms with Gasteiger partial charge in [0.15, 0.2) is 0 Å². The van der Waals surface area contributed by atoms with Crippen molar-refractivity contribution in [1.82, 2.24) is 0 Å². The summed E-state index contributed by atoms with van der Waals surface area (Å²) in [6.07, 6.45) is 14.3. The van der Waals surface area contributed by atoms with Crippen LogP contribution in [0.2, 0.25) is 0 Å². The van der Waals surface area contributed by atoms with Crippen molar-refractivity contribution in [1.29, 1.82) is 0 Å². The van der Waals surface area contributed by atoms with E-state index in [9.17, 15) is 0 Å². The Morgan fingerprint density at radius 1 is 0.542 bits per heavy atom. The zero-order valence-corrected chi connectivity index (χ0v) is 21.1. The summed E-state index contributed by atoms with van der Waals surface area (Å²) in [6, 6.07) is 0. The van der Waals surface area contributed by atoms with Crippen LogP contribution < -0.4 is 0 Å². The summed E-state index contributed by atoms with van der Waals surface area (Å²) in [5.41, 5.74) is 0. The van der Waals surface area contributed by atoms with Crippen LogP contribution in [0.1, 0.15) is 97.8 Å². The van der Waals surface area contributed by atoms with Crippen LogP contribution in [-0.4, -0.2) is 19.8 Å². The Labute approximate surface area is 169 Å². The van der Waals surface area contributed by atoms with Crippen molar-refractivity contribution in [2.45, 2.75) is 97.8 Å². The largest absolute Gasteiger partial charge is 0.327 e. The minimum Gasteiger partial charge on any atom is -0.309 e. The summed E-state index contributed by atoms with van der Waals surface area (Å²) < 4.78 is 17.6. The molecule has 0 amide bonds. The zero-order valence-electron chi connectivity index (χ0n) is 16.4. The van der Waals surface area contributed by atoms with Crippen molar-refractivity contribution in [3.63, 3.8) is 0 Å². The van der Waals surface area contributed by atoms with Crippen LogP contribution in [0.5, 0.6) is 0 Å². The summed E-state index contributed by atoms with van der Waals surface area (Å²) in [5.74, 6) is 0. The Bertz CT molecular complexity index is 277. The average molecular weight is 432 g/mol. The van der Waals surface area contributed by atoms with Crippen molar-refractivity contribution in [2.24, 2.45) is 0 Å². The van der Waals surface area contributed by atoms with E-state index in [1.165, 1.54) is 57.8 Å². The predicted molar refractivity (Wildman–Crippen MR) is 105 cm³/mol. The van der Waals surface area contributed by atoms with Crippen LogP contribution in [0.15, 0.2) is 0 Å². The molecule has 0 rings (SSSR count). The maximum atomic E-state index is 5.88. The molecule has 0 unspecified atom stereocenters. The van der Waals surface area contributed by atoms with E-state index in [2.05, 4.69) is 20.8 Å². The fraction of sp³-hybridized carbons (Fsp3) is 1.00. The second kappa shape index (κ2) is 20.5. The van der Waals surface area contributed by atoms with Crippen molar-refractivity contribution in [2.75, 3.05) is 19.8 Å². The molecule has 0 aliphatic heterocycles. The molecule has 0 aromatic rings. The van der Waals surface area contributed by atoms with Gasteiger partial charge >= 0.3 is 6.72 Å². The molecular weight excluding hydrogens is 393 g/mol. The molecule has 0 saturated heterocycles. The molecule has 142 valence electrons. The Hall–Kier alpha value is 1.15. The van der Waals surface area contributed by atoms with E-state index in [0.717, 1.165) is 19.3 Å². The Balaban J connectivity index is 0. The first-order valence-corrected chi connectivity index (χ1v) is 12.3. The number of rotatable bonds is 18. The van der Waals surface area contributed by atoms with Crippen LogP contribution in [0.25, 0.3) is 0 Å². The fourth-order valence-corrected chi connectivity index (χ4v) is 4.18. The van der Waals surface area contributed by atoms with E-state index in [0.29, 0.717) is 19.8 Å². The number of unbranched alkanes of at least 4 members (excludes halogenated alkanes) is 9. The van der Waals surface area contributed by atoms with Gasteiger partial charge in [-0.3, -0.25) is 0 Å². The van der Waals surface area contributed by atoms with Gasteiger partial charge in [0.1, 0.15) is 0 Å². The van der Waals surface area contributed by atoms with Crippen LogP contribution in [0.3, 0.4) is 0 Å². The van der Waals surface area contributed by atoms with Crippen molar-refractivity contribution in [3.8, 4) is 0 Å². The van der Waals surface area contributed by atoms with Crippen molar-refractivity contribution < 1.29 is 33.0 Å². The maximum Gasteiger partial charge on any atom is 0.327 e. The molecule has 0 N–H and O–H groups in total. The molecule has 0 aromatic carbocycles. The molecule has 0 atom stereocenters. The molecule has 0 saturated carbocycles. The molecule has 0 aliphatic rings. The third-order valence-corrected chi connectivity index (χ3v) is 6.19. The molecule has 0 spiro atoms.